The molecule has 1 saturated heterocycles. The maximum Gasteiger partial charge on any atom is 0.238 e. The molecule has 2 aromatic heterocycles. The zero-order chi connectivity index (χ0) is 16.4. The van der Waals surface area contributed by atoms with E-state index in [0.717, 1.165) is 19.0 Å². The lowest BCUT2D eigenvalue weighted by atomic mass is 9.75. The molecule has 128 valence electrons. The number of rotatable bonds is 4. The third-order valence-corrected chi connectivity index (χ3v) is 5.41. The lowest BCUT2D eigenvalue weighted by Gasteiger charge is -2.41. The smallest absolute Gasteiger partial charge is 0.238 e. The number of aryl methyl sites for hydroxylation is 1. The maximum absolute atomic E-state index is 12.5. The van der Waals surface area contributed by atoms with Crippen molar-refractivity contribution in [3.63, 3.8) is 0 Å². The Kier molecular flexibility index (Phi) is 4.36. The predicted octanol–water partition coefficient (Wildman–Crippen LogP) is 3.30. The molecule has 3 heterocycles. The summed E-state index contributed by atoms with van der Waals surface area (Å²) in [6, 6.07) is 3.57. The van der Waals surface area contributed by atoms with Crippen LogP contribution in [0.3, 0.4) is 0 Å². The van der Waals surface area contributed by atoms with E-state index in [1.165, 1.54) is 32.1 Å². The van der Waals surface area contributed by atoms with Gasteiger partial charge in [0.2, 0.25) is 17.6 Å². The van der Waals surface area contributed by atoms with E-state index in [9.17, 15) is 4.79 Å². The number of carbonyl (C=O) groups is 1. The van der Waals surface area contributed by atoms with E-state index in [-0.39, 0.29) is 5.91 Å². The third kappa shape index (κ3) is 3.23. The number of furan rings is 1. The number of amides is 1. The van der Waals surface area contributed by atoms with E-state index in [0.29, 0.717) is 36.2 Å². The molecule has 2 aromatic rings. The van der Waals surface area contributed by atoms with Crippen molar-refractivity contribution in [1.82, 2.24) is 15.0 Å². The van der Waals surface area contributed by atoms with Crippen LogP contribution in [0.15, 0.2) is 27.3 Å². The van der Waals surface area contributed by atoms with Gasteiger partial charge >= 0.3 is 0 Å². The van der Waals surface area contributed by atoms with Gasteiger partial charge in [0.05, 0.1) is 6.26 Å². The van der Waals surface area contributed by atoms with Crippen molar-refractivity contribution in [2.45, 2.75) is 44.9 Å². The lowest BCUT2D eigenvalue weighted by molar-refractivity contribution is -0.134. The summed E-state index contributed by atoms with van der Waals surface area (Å²) in [6.45, 7) is 1.84. The molecule has 6 nitrogen and oxygen atoms in total. The predicted molar refractivity (Wildman–Crippen MR) is 87.0 cm³/mol. The lowest BCUT2D eigenvalue weighted by Crippen LogP contribution is -2.44. The second kappa shape index (κ2) is 6.79. The number of carbonyl (C=O) groups excluding carboxylic acids is 1. The van der Waals surface area contributed by atoms with Crippen molar-refractivity contribution >= 4 is 5.91 Å². The number of piperidine rings is 1. The number of aromatic nitrogens is 2. The van der Waals surface area contributed by atoms with E-state index < -0.39 is 0 Å². The monoisotopic (exact) mass is 329 g/mol. The van der Waals surface area contributed by atoms with Crippen LogP contribution in [-0.2, 0) is 11.2 Å². The first-order chi connectivity index (χ1) is 11.8. The Labute approximate surface area is 141 Å². The zero-order valence-electron chi connectivity index (χ0n) is 13.8. The van der Waals surface area contributed by atoms with Gasteiger partial charge in [-0.15, -0.1) is 0 Å². The van der Waals surface area contributed by atoms with Crippen molar-refractivity contribution in [3.05, 3.63) is 24.3 Å². The molecule has 6 heteroatoms. The van der Waals surface area contributed by atoms with Crippen LogP contribution < -0.4 is 0 Å². The molecular weight excluding hydrogens is 306 g/mol. The van der Waals surface area contributed by atoms with Crippen molar-refractivity contribution in [2.75, 3.05) is 13.1 Å². The summed E-state index contributed by atoms with van der Waals surface area (Å²) in [6.07, 6.45) is 8.97. The van der Waals surface area contributed by atoms with E-state index in [2.05, 4.69) is 10.1 Å². The molecule has 0 spiro atoms. The van der Waals surface area contributed by atoms with Crippen LogP contribution in [-0.4, -0.2) is 34.0 Å². The zero-order valence-corrected chi connectivity index (χ0v) is 13.8. The van der Waals surface area contributed by atoms with Crippen LogP contribution in [0.2, 0.25) is 0 Å². The molecule has 2 aliphatic rings. The second-order valence-electron chi connectivity index (χ2n) is 6.92. The summed E-state index contributed by atoms with van der Waals surface area (Å²) in [5.41, 5.74) is 0. The third-order valence-electron chi connectivity index (χ3n) is 5.41. The highest BCUT2D eigenvalue weighted by molar-refractivity contribution is 5.76. The van der Waals surface area contributed by atoms with Crippen LogP contribution in [0, 0.1) is 11.8 Å². The van der Waals surface area contributed by atoms with E-state index in [1.54, 1.807) is 18.4 Å². The Bertz CT molecular complexity index is 680. The van der Waals surface area contributed by atoms with E-state index in [1.807, 2.05) is 4.90 Å². The average molecular weight is 329 g/mol. The molecule has 0 bridgehead atoms. The van der Waals surface area contributed by atoms with Gasteiger partial charge in [0.15, 0.2) is 5.76 Å². The highest BCUT2D eigenvalue weighted by Gasteiger charge is 2.32. The molecule has 1 aliphatic heterocycles. The van der Waals surface area contributed by atoms with Crippen LogP contribution in [0.1, 0.15) is 44.4 Å². The molecule has 0 N–H and O–H groups in total. The van der Waals surface area contributed by atoms with Crippen LogP contribution >= 0.6 is 0 Å². The summed E-state index contributed by atoms with van der Waals surface area (Å²) in [4.78, 5) is 18.8. The van der Waals surface area contributed by atoms with Gasteiger partial charge in [-0.2, -0.15) is 4.98 Å². The van der Waals surface area contributed by atoms with Gasteiger partial charge < -0.3 is 13.8 Å². The molecule has 4 rings (SSSR count). The number of hydrogen-bond acceptors (Lipinski definition) is 5. The molecule has 0 radical (unpaired) electrons. The minimum atomic E-state index is 0.205. The van der Waals surface area contributed by atoms with E-state index >= 15 is 0 Å². The van der Waals surface area contributed by atoms with Crippen LogP contribution in [0.4, 0.5) is 0 Å². The fourth-order valence-electron chi connectivity index (χ4n) is 4.06. The van der Waals surface area contributed by atoms with Crippen molar-refractivity contribution in [2.24, 2.45) is 11.8 Å². The quantitative estimate of drug-likeness (QED) is 0.860. The summed E-state index contributed by atoms with van der Waals surface area (Å²) in [5, 5.41) is 3.90. The number of fused-ring (bicyclic) bond motifs is 1. The van der Waals surface area contributed by atoms with Gasteiger partial charge in [-0.3, -0.25) is 4.79 Å². The topological polar surface area (TPSA) is 72.4 Å². The summed E-state index contributed by atoms with van der Waals surface area (Å²) < 4.78 is 10.5. The molecular formula is C18H23N3O3. The molecule has 0 unspecified atom stereocenters. The van der Waals surface area contributed by atoms with Crippen LogP contribution in [0.5, 0.6) is 0 Å². The number of likely N-dealkylation sites (tertiary alicyclic amines) is 1. The fraction of sp³-hybridized carbons (Fsp3) is 0.611. The van der Waals surface area contributed by atoms with Crippen molar-refractivity contribution in [3.8, 4) is 11.6 Å². The van der Waals surface area contributed by atoms with Crippen molar-refractivity contribution < 1.29 is 13.7 Å². The second-order valence-corrected chi connectivity index (χ2v) is 6.92. The molecule has 2 atom stereocenters. The summed E-state index contributed by atoms with van der Waals surface area (Å²) >= 11 is 0. The molecule has 0 aromatic carbocycles. The standard InChI is InChI=1S/C18H23N3O3/c22-17(21-10-9-13-4-1-2-5-14(13)12-21)8-7-16-19-18(20-24-16)15-6-3-11-23-15/h3,6,11,13-14H,1-2,4-5,7-10,12H2/t13-,14-/m0/s1. The minimum Gasteiger partial charge on any atom is -0.461 e. The van der Waals surface area contributed by atoms with Gasteiger partial charge in [-0.05, 0) is 36.8 Å². The number of nitrogens with zero attached hydrogens (tertiary/aromatic N) is 3. The Hall–Kier alpha value is -2.11. The summed E-state index contributed by atoms with van der Waals surface area (Å²) in [7, 11) is 0. The minimum absolute atomic E-state index is 0.205. The van der Waals surface area contributed by atoms with Gasteiger partial charge in [0.25, 0.3) is 0 Å². The molecule has 2 fully saturated rings. The maximum atomic E-state index is 12.5. The molecule has 1 aliphatic carbocycles. The molecule has 24 heavy (non-hydrogen) atoms. The first-order valence-corrected chi connectivity index (χ1v) is 8.94. The fourth-order valence-corrected chi connectivity index (χ4v) is 4.06. The largest absolute Gasteiger partial charge is 0.461 e. The van der Waals surface area contributed by atoms with Gasteiger partial charge in [0.1, 0.15) is 0 Å². The average Bonchev–Trinajstić information content (AvgIpc) is 3.30. The Morgan fingerprint density at radius 3 is 2.96 bits per heavy atom. The number of hydrogen-bond donors (Lipinski definition) is 0. The highest BCUT2D eigenvalue weighted by atomic mass is 16.5. The van der Waals surface area contributed by atoms with Gasteiger partial charge in [-0.1, -0.05) is 24.4 Å². The highest BCUT2D eigenvalue weighted by Crippen LogP contribution is 2.36. The first kappa shape index (κ1) is 15.4. The molecule has 1 saturated carbocycles. The Morgan fingerprint density at radius 1 is 1.25 bits per heavy atom. The normalized spacial score (nSPS) is 23.9. The Morgan fingerprint density at radius 2 is 2.12 bits per heavy atom. The summed E-state index contributed by atoms with van der Waals surface area (Å²) in [5.74, 6) is 3.26. The van der Waals surface area contributed by atoms with E-state index in [4.69, 9.17) is 8.94 Å². The SMILES string of the molecule is O=C(CCc1nc(-c2ccco2)no1)N1CC[C@@H]2CCCC[C@H]2C1. The molecule has 1 amide bonds. The van der Waals surface area contributed by atoms with Crippen molar-refractivity contribution in [1.29, 1.82) is 0 Å². The van der Waals surface area contributed by atoms with Gasteiger partial charge in [-0.25, -0.2) is 0 Å². The first-order valence-electron chi connectivity index (χ1n) is 8.94. The van der Waals surface area contributed by atoms with Crippen LogP contribution in [0.25, 0.3) is 11.6 Å². The Balaban J connectivity index is 1.30. The van der Waals surface area contributed by atoms with Gasteiger partial charge in [0, 0.05) is 25.9 Å².